The van der Waals surface area contributed by atoms with Crippen LogP contribution >= 0.6 is 0 Å². The number of aromatic nitrogens is 2. The van der Waals surface area contributed by atoms with Crippen molar-refractivity contribution in [2.75, 3.05) is 0 Å². The lowest BCUT2D eigenvalue weighted by molar-refractivity contribution is 1.11. The quantitative estimate of drug-likeness (QED) is 0.416. The molecule has 0 bridgehead atoms. The van der Waals surface area contributed by atoms with Gasteiger partial charge in [-0.25, -0.2) is 4.98 Å². The van der Waals surface area contributed by atoms with Gasteiger partial charge in [-0.15, -0.1) is 16.4 Å². The van der Waals surface area contributed by atoms with E-state index in [-0.39, 0.29) is 27.3 Å². The lowest BCUT2D eigenvalue weighted by atomic mass is 9.61. The fourth-order valence-corrected chi connectivity index (χ4v) is 2.23. The predicted molar refractivity (Wildman–Crippen MR) is 88.0 cm³/mol. The summed E-state index contributed by atoms with van der Waals surface area (Å²) >= 11 is 0. The van der Waals surface area contributed by atoms with E-state index in [9.17, 15) is 0 Å². The summed E-state index contributed by atoms with van der Waals surface area (Å²) < 4.78 is 1.76. The third kappa shape index (κ3) is 1.76. The number of hydrogen-bond donors (Lipinski definition) is 0. The Kier molecular flexibility index (Phi) is 3.08. The summed E-state index contributed by atoms with van der Waals surface area (Å²) in [6, 6.07) is 7.60. The zero-order valence-corrected chi connectivity index (χ0v) is 10.7. The Bertz CT molecular complexity index is 796. The minimum absolute atomic E-state index is 0.202. The molecule has 0 spiro atoms. The summed E-state index contributed by atoms with van der Waals surface area (Å²) in [6.45, 7) is 0. The van der Waals surface area contributed by atoms with Gasteiger partial charge in [0.15, 0.2) is 0 Å². The van der Waals surface area contributed by atoms with Crippen molar-refractivity contribution in [3.8, 4) is 5.69 Å². The Hall–Kier alpha value is -1.77. The smallest absolute Gasteiger partial charge is 0.115 e. The first-order chi connectivity index (χ1) is 9.52. The van der Waals surface area contributed by atoms with Crippen molar-refractivity contribution in [3.05, 3.63) is 30.6 Å². The van der Waals surface area contributed by atoms with Crippen molar-refractivity contribution in [1.29, 1.82) is 0 Å². The maximum absolute atomic E-state index is 6.05. The SMILES string of the molecule is [B]c1c([B])c([B])c(-n2cnc3ccccc32)c([B])c1[B]. The van der Waals surface area contributed by atoms with Crippen molar-refractivity contribution >= 4 is 77.6 Å². The van der Waals surface area contributed by atoms with Gasteiger partial charge in [0.1, 0.15) is 45.6 Å². The number of para-hydroxylation sites is 2. The molecule has 2 aromatic carbocycles. The van der Waals surface area contributed by atoms with E-state index in [0.29, 0.717) is 5.69 Å². The minimum atomic E-state index is 0.202. The normalized spacial score (nSPS) is 11.0. The monoisotopic (exact) mass is 244 g/mol. The van der Waals surface area contributed by atoms with Crippen molar-refractivity contribution in [3.63, 3.8) is 0 Å². The largest absolute Gasteiger partial charge is 0.300 e. The van der Waals surface area contributed by atoms with Crippen LogP contribution in [0.15, 0.2) is 30.6 Å². The van der Waals surface area contributed by atoms with Gasteiger partial charge in [-0.3, -0.25) is 0 Å². The highest BCUT2D eigenvalue weighted by Gasteiger charge is 2.13. The molecule has 0 N–H and O–H groups in total. The van der Waals surface area contributed by atoms with Crippen LogP contribution in [-0.2, 0) is 0 Å². The van der Waals surface area contributed by atoms with Crippen LogP contribution in [0.1, 0.15) is 0 Å². The Morgan fingerprint density at radius 3 is 1.95 bits per heavy atom. The van der Waals surface area contributed by atoms with E-state index in [1.165, 1.54) is 0 Å². The van der Waals surface area contributed by atoms with Gasteiger partial charge >= 0.3 is 0 Å². The van der Waals surface area contributed by atoms with Crippen LogP contribution in [0.3, 0.4) is 0 Å². The summed E-state index contributed by atoms with van der Waals surface area (Å²) in [4.78, 5) is 4.30. The molecule has 0 unspecified atom stereocenters. The van der Waals surface area contributed by atoms with E-state index in [0.717, 1.165) is 11.0 Å². The topological polar surface area (TPSA) is 17.8 Å². The first-order valence-corrected chi connectivity index (χ1v) is 5.96. The Morgan fingerprint density at radius 2 is 1.30 bits per heavy atom. The third-order valence-corrected chi connectivity index (χ3v) is 3.37. The van der Waals surface area contributed by atoms with E-state index in [2.05, 4.69) is 4.98 Å². The molecular weight excluding hydrogens is 238 g/mol. The minimum Gasteiger partial charge on any atom is -0.300 e. The lowest BCUT2D eigenvalue weighted by Crippen LogP contribution is -2.56. The fourth-order valence-electron chi connectivity index (χ4n) is 2.23. The molecule has 0 aliphatic carbocycles. The first-order valence-electron chi connectivity index (χ1n) is 5.96. The zero-order chi connectivity index (χ0) is 14.4. The molecule has 0 aliphatic heterocycles. The Labute approximate surface area is 124 Å². The first kappa shape index (κ1) is 13.2. The summed E-state index contributed by atoms with van der Waals surface area (Å²) in [6.07, 6.45) is 1.63. The second-order valence-electron chi connectivity index (χ2n) is 4.52. The van der Waals surface area contributed by atoms with E-state index in [1.807, 2.05) is 24.3 Å². The Balaban J connectivity index is 2.41. The van der Waals surface area contributed by atoms with Gasteiger partial charge in [-0.2, -0.15) is 0 Å². The molecule has 0 saturated heterocycles. The van der Waals surface area contributed by atoms with Crippen molar-refractivity contribution < 1.29 is 0 Å². The van der Waals surface area contributed by atoms with Gasteiger partial charge in [0.25, 0.3) is 0 Å². The number of fused-ring (bicyclic) bond motifs is 1. The molecule has 0 fully saturated rings. The molecule has 0 aliphatic rings. The van der Waals surface area contributed by atoms with E-state index < -0.39 is 0 Å². The summed E-state index contributed by atoms with van der Waals surface area (Å²) in [5.41, 5.74) is 3.41. The van der Waals surface area contributed by atoms with Crippen LogP contribution in [0.4, 0.5) is 0 Å². The third-order valence-electron chi connectivity index (χ3n) is 3.37. The van der Waals surface area contributed by atoms with Gasteiger partial charge in [0, 0.05) is 5.69 Å². The lowest BCUT2D eigenvalue weighted by Gasteiger charge is -2.21. The molecule has 0 atom stereocenters. The highest BCUT2D eigenvalue weighted by Crippen LogP contribution is 2.14. The molecule has 1 aromatic heterocycles. The van der Waals surface area contributed by atoms with Crippen LogP contribution in [0.2, 0.25) is 0 Å². The van der Waals surface area contributed by atoms with Crippen LogP contribution in [-0.4, -0.2) is 48.8 Å². The van der Waals surface area contributed by atoms with Crippen LogP contribution in [0, 0.1) is 0 Å². The average Bonchev–Trinajstić information content (AvgIpc) is 2.87. The molecule has 0 amide bonds. The van der Waals surface area contributed by atoms with Crippen LogP contribution in [0.5, 0.6) is 0 Å². The molecule has 10 radical (unpaired) electrons. The maximum Gasteiger partial charge on any atom is 0.115 e. The summed E-state index contributed by atoms with van der Waals surface area (Å²) in [7, 11) is 29.6. The summed E-state index contributed by atoms with van der Waals surface area (Å²) in [5.74, 6) is 0. The maximum atomic E-state index is 6.05. The van der Waals surface area contributed by atoms with Gasteiger partial charge < -0.3 is 4.57 Å². The number of rotatable bonds is 1. The summed E-state index contributed by atoms with van der Waals surface area (Å²) in [5, 5.41) is 0. The molecular formula is C13H5B5N2. The molecule has 1 heterocycles. The van der Waals surface area contributed by atoms with Crippen molar-refractivity contribution in [2.24, 2.45) is 0 Å². The highest BCUT2D eigenvalue weighted by atomic mass is 15.0. The van der Waals surface area contributed by atoms with Crippen molar-refractivity contribution in [2.45, 2.75) is 0 Å². The number of imidazole rings is 1. The molecule has 2 nitrogen and oxygen atoms in total. The predicted octanol–water partition coefficient (Wildman–Crippen LogP) is -3.01. The number of nitrogens with zero attached hydrogens (tertiary/aromatic N) is 2. The zero-order valence-electron chi connectivity index (χ0n) is 10.7. The molecule has 82 valence electrons. The van der Waals surface area contributed by atoms with E-state index in [4.69, 9.17) is 39.2 Å². The molecule has 3 aromatic rings. The molecule has 7 heteroatoms. The standard InChI is InChI=1S/C13H5B5N2/c14-8-9(15)11(17)13(12(18)10(8)16)20-5-19-6-3-1-2-4-7(6)20/h1-5H. The average molecular weight is 243 g/mol. The molecule has 3 rings (SSSR count). The van der Waals surface area contributed by atoms with Gasteiger partial charge in [-0.1, -0.05) is 23.1 Å². The van der Waals surface area contributed by atoms with Crippen LogP contribution in [0.25, 0.3) is 16.7 Å². The Morgan fingerprint density at radius 1 is 0.750 bits per heavy atom. The van der Waals surface area contributed by atoms with Gasteiger partial charge in [-0.05, 0) is 12.1 Å². The van der Waals surface area contributed by atoms with Gasteiger partial charge in [0.2, 0.25) is 0 Å². The number of benzene rings is 2. The van der Waals surface area contributed by atoms with E-state index in [1.54, 1.807) is 10.9 Å². The molecule has 0 saturated carbocycles. The second-order valence-corrected chi connectivity index (χ2v) is 4.52. The fraction of sp³-hybridized carbons (Fsp3) is 0. The number of hydrogen-bond acceptors (Lipinski definition) is 1. The van der Waals surface area contributed by atoms with Crippen molar-refractivity contribution in [1.82, 2.24) is 9.55 Å². The van der Waals surface area contributed by atoms with E-state index >= 15 is 0 Å². The highest BCUT2D eigenvalue weighted by molar-refractivity contribution is 6.68. The van der Waals surface area contributed by atoms with Gasteiger partial charge in [0.05, 0.1) is 11.0 Å². The van der Waals surface area contributed by atoms with Crippen LogP contribution < -0.4 is 27.3 Å². The second kappa shape index (κ2) is 4.66. The molecule has 20 heavy (non-hydrogen) atoms.